The summed E-state index contributed by atoms with van der Waals surface area (Å²) in [5.41, 5.74) is 5.72. The van der Waals surface area contributed by atoms with Gasteiger partial charge in [-0.1, -0.05) is 33.6 Å². The van der Waals surface area contributed by atoms with Gasteiger partial charge in [0.05, 0.1) is 0 Å². The molecule has 1 saturated carbocycles. The highest BCUT2D eigenvalue weighted by atomic mass is 15.2. The van der Waals surface area contributed by atoms with Crippen molar-refractivity contribution in [3.63, 3.8) is 0 Å². The van der Waals surface area contributed by atoms with Gasteiger partial charge < -0.3 is 10.6 Å². The zero-order valence-corrected chi connectivity index (χ0v) is 12.1. The quantitative estimate of drug-likeness (QED) is 0.705. The predicted octanol–water partition coefficient (Wildman–Crippen LogP) is 3.26. The van der Waals surface area contributed by atoms with E-state index in [1.807, 2.05) is 0 Å². The number of hydrogen-bond acceptors (Lipinski definition) is 2. The van der Waals surface area contributed by atoms with Crippen LogP contribution in [0.1, 0.15) is 59.3 Å². The number of hydrogen-bond donors (Lipinski definition) is 1. The van der Waals surface area contributed by atoms with Crippen LogP contribution in [0.15, 0.2) is 0 Å². The first-order chi connectivity index (χ1) is 8.13. The van der Waals surface area contributed by atoms with Crippen molar-refractivity contribution in [2.75, 3.05) is 19.6 Å². The van der Waals surface area contributed by atoms with Crippen LogP contribution >= 0.6 is 0 Å². The third-order valence-electron chi connectivity index (χ3n) is 4.15. The molecule has 1 rings (SSSR count). The zero-order chi connectivity index (χ0) is 12.7. The van der Waals surface area contributed by atoms with E-state index in [0.29, 0.717) is 5.92 Å². The summed E-state index contributed by atoms with van der Waals surface area (Å²) in [6.07, 6.45) is 8.34. The largest absolute Gasteiger partial charge is 0.330 e. The van der Waals surface area contributed by atoms with Crippen LogP contribution in [-0.2, 0) is 0 Å². The molecule has 1 atom stereocenters. The minimum atomic E-state index is 0.679. The second kappa shape index (κ2) is 8.10. The van der Waals surface area contributed by atoms with E-state index >= 15 is 0 Å². The normalized spacial score (nSPS) is 19.4. The van der Waals surface area contributed by atoms with Crippen LogP contribution in [0.3, 0.4) is 0 Å². The molecule has 0 heterocycles. The Morgan fingerprint density at radius 1 is 1.06 bits per heavy atom. The van der Waals surface area contributed by atoms with Gasteiger partial charge >= 0.3 is 0 Å². The third kappa shape index (κ3) is 5.87. The minimum absolute atomic E-state index is 0.679. The number of nitrogens with two attached hydrogens (primary N) is 1. The molecule has 0 aromatic heterocycles. The molecule has 0 bridgehead atoms. The van der Waals surface area contributed by atoms with Gasteiger partial charge in [0.15, 0.2) is 0 Å². The zero-order valence-electron chi connectivity index (χ0n) is 12.1. The van der Waals surface area contributed by atoms with Crippen molar-refractivity contribution in [1.82, 2.24) is 4.90 Å². The Balaban J connectivity index is 2.34. The van der Waals surface area contributed by atoms with Crippen LogP contribution in [-0.4, -0.2) is 30.6 Å². The van der Waals surface area contributed by atoms with Crippen molar-refractivity contribution >= 4 is 0 Å². The van der Waals surface area contributed by atoms with Gasteiger partial charge in [0, 0.05) is 6.04 Å². The molecule has 102 valence electrons. The molecule has 1 aliphatic rings. The van der Waals surface area contributed by atoms with Gasteiger partial charge in [-0.3, -0.25) is 0 Å². The average Bonchev–Trinajstić information content (AvgIpc) is 2.81. The SMILES string of the molecule is CC(C)CCN(CCC(C)CN)C1CCCC1. The summed E-state index contributed by atoms with van der Waals surface area (Å²) >= 11 is 0. The van der Waals surface area contributed by atoms with Gasteiger partial charge in [-0.25, -0.2) is 0 Å². The molecule has 2 heteroatoms. The summed E-state index contributed by atoms with van der Waals surface area (Å²) in [5, 5.41) is 0. The summed E-state index contributed by atoms with van der Waals surface area (Å²) in [7, 11) is 0. The first-order valence-electron chi connectivity index (χ1n) is 7.57. The maximum absolute atomic E-state index is 5.72. The average molecular weight is 240 g/mol. The molecule has 0 aromatic carbocycles. The Bertz CT molecular complexity index is 185. The van der Waals surface area contributed by atoms with Crippen LogP contribution in [0.25, 0.3) is 0 Å². The second-order valence-corrected chi connectivity index (χ2v) is 6.29. The van der Waals surface area contributed by atoms with Gasteiger partial charge in [0.2, 0.25) is 0 Å². The van der Waals surface area contributed by atoms with Crippen LogP contribution in [0, 0.1) is 11.8 Å². The smallest absolute Gasteiger partial charge is 0.00952 e. The van der Waals surface area contributed by atoms with Gasteiger partial charge in [-0.05, 0) is 57.2 Å². The molecule has 1 aliphatic carbocycles. The fourth-order valence-corrected chi connectivity index (χ4v) is 2.67. The van der Waals surface area contributed by atoms with Gasteiger partial charge in [0.1, 0.15) is 0 Å². The van der Waals surface area contributed by atoms with Crippen molar-refractivity contribution < 1.29 is 0 Å². The predicted molar refractivity (Wildman–Crippen MR) is 76.1 cm³/mol. The van der Waals surface area contributed by atoms with Crippen molar-refractivity contribution in [3.8, 4) is 0 Å². The van der Waals surface area contributed by atoms with Gasteiger partial charge in [0.25, 0.3) is 0 Å². The highest BCUT2D eigenvalue weighted by molar-refractivity contribution is 4.78. The standard InChI is InChI=1S/C15H32N2/c1-13(2)8-10-17(11-9-14(3)12-16)15-6-4-5-7-15/h13-15H,4-12,16H2,1-3H3. The first-order valence-corrected chi connectivity index (χ1v) is 7.57. The van der Waals surface area contributed by atoms with Crippen LogP contribution < -0.4 is 5.73 Å². The van der Waals surface area contributed by atoms with Crippen LogP contribution in [0.5, 0.6) is 0 Å². The molecule has 0 radical (unpaired) electrons. The van der Waals surface area contributed by atoms with Crippen molar-refractivity contribution in [1.29, 1.82) is 0 Å². The Morgan fingerprint density at radius 2 is 1.65 bits per heavy atom. The van der Waals surface area contributed by atoms with Crippen molar-refractivity contribution in [3.05, 3.63) is 0 Å². The molecule has 0 aromatic rings. The summed E-state index contributed by atoms with van der Waals surface area (Å²) < 4.78 is 0. The molecule has 0 spiro atoms. The summed E-state index contributed by atoms with van der Waals surface area (Å²) in [5.74, 6) is 1.50. The van der Waals surface area contributed by atoms with E-state index in [2.05, 4.69) is 25.7 Å². The maximum Gasteiger partial charge on any atom is 0.00952 e. The van der Waals surface area contributed by atoms with Crippen molar-refractivity contribution in [2.45, 2.75) is 65.3 Å². The topological polar surface area (TPSA) is 29.3 Å². The third-order valence-corrected chi connectivity index (χ3v) is 4.15. The summed E-state index contributed by atoms with van der Waals surface area (Å²) in [4.78, 5) is 2.75. The second-order valence-electron chi connectivity index (χ2n) is 6.29. The Labute approximate surface area is 108 Å². The molecule has 1 unspecified atom stereocenters. The van der Waals surface area contributed by atoms with E-state index < -0.39 is 0 Å². The van der Waals surface area contributed by atoms with E-state index in [1.165, 1.54) is 51.6 Å². The Morgan fingerprint density at radius 3 is 2.18 bits per heavy atom. The molecule has 0 amide bonds. The molecule has 0 aliphatic heterocycles. The molecule has 1 fully saturated rings. The molecule has 2 N–H and O–H groups in total. The minimum Gasteiger partial charge on any atom is -0.330 e. The van der Waals surface area contributed by atoms with Crippen molar-refractivity contribution in [2.24, 2.45) is 17.6 Å². The van der Waals surface area contributed by atoms with E-state index in [0.717, 1.165) is 18.5 Å². The molecule has 17 heavy (non-hydrogen) atoms. The molecular weight excluding hydrogens is 208 g/mol. The fraction of sp³-hybridized carbons (Fsp3) is 1.00. The van der Waals surface area contributed by atoms with Gasteiger partial charge in [-0.2, -0.15) is 0 Å². The lowest BCUT2D eigenvalue weighted by Gasteiger charge is -2.30. The Hall–Kier alpha value is -0.0800. The molecule has 0 saturated heterocycles. The lowest BCUT2D eigenvalue weighted by Crippen LogP contribution is -2.36. The maximum atomic E-state index is 5.72. The first kappa shape index (κ1) is 15.0. The van der Waals surface area contributed by atoms with E-state index in [1.54, 1.807) is 0 Å². The van der Waals surface area contributed by atoms with E-state index in [4.69, 9.17) is 5.73 Å². The number of rotatable bonds is 8. The summed E-state index contributed by atoms with van der Waals surface area (Å²) in [6.45, 7) is 10.3. The van der Waals surface area contributed by atoms with Crippen LogP contribution in [0.2, 0.25) is 0 Å². The highest BCUT2D eigenvalue weighted by Crippen LogP contribution is 2.24. The summed E-state index contributed by atoms with van der Waals surface area (Å²) in [6, 6.07) is 0.874. The highest BCUT2D eigenvalue weighted by Gasteiger charge is 2.22. The lowest BCUT2D eigenvalue weighted by molar-refractivity contribution is 0.177. The van der Waals surface area contributed by atoms with E-state index in [9.17, 15) is 0 Å². The number of nitrogens with zero attached hydrogens (tertiary/aromatic N) is 1. The Kier molecular flexibility index (Phi) is 7.14. The van der Waals surface area contributed by atoms with E-state index in [-0.39, 0.29) is 0 Å². The monoisotopic (exact) mass is 240 g/mol. The van der Waals surface area contributed by atoms with Crippen LogP contribution in [0.4, 0.5) is 0 Å². The molecular formula is C15H32N2. The van der Waals surface area contributed by atoms with Gasteiger partial charge in [-0.15, -0.1) is 0 Å². The molecule has 2 nitrogen and oxygen atoms in total. The lowest BCUT2D eigenvalue weighted by atomic mass is 10.1. The fourth-order valence-electron chi connectivity index (χ4n) is 2.67.